The maximum absolute atomic E-state index is 12.5. The molecule has 1 amide bonds. The van der Waals surface area contributed by atoms with Crippen LogP contribution in [-0.2, 0) is 14.3 Å². The minimum atomic E-state index is -0.264. The summed E-state index contributed by atoms with van der Waals surface area (Å²) >= 11 is 0. The van der Waals surface area contributed by atoms with Crippen LogP contribution in [0.25, 0.3) is 10.8 Å². The van der Waals surface area contributed by atoms with E-state index in [-0.39, 0.29) is 36.9 Å². The molecular weight excluding hydrogens is 328 g/mol. The van der Waals surface area contributed by atoms with Crippen molar-refractivity contribution < 1.29 is 14.3 Å². The van der Waals surface area contributed by atoms with E-state index in [1.165, 1.54) is 7.11 Å². The standard InChI is InChI=1S/C21H28N2O3/c1-15(2)23(13-12-21(25)26-4)14-20(24)22-16(3)18-11-7-9-17-8-5-6-10-19(17)18/h5-11,15-16H,12-14H2,1-4H3,(H,22,24). The van der Waals surface area contributed by atoms with E-state index in [9.17, 15) is 9.59 Å². The highest BCUT2D eigenvalue weighted by Crippen LogP contribution is 2.24. The van der Waals surface area contributed by atoms with Gasteiger partial charge in [0, 0.05) is 12.6 Å². The largest absolute Gasteiger partial charge is 0.469 e. The second-order valence-corrected chi connectivity index (χ2v) is 6.75. The van der Waals surface area contributed by atoms with E-state index in [2.05, 4.69) is 28.3 Å². The lowest BCUT2D eigenvalue weighted by molar-refractivity contribution is -0.141. The molecule has 5 heteroatoms. The van der Waals surface area contributed by atoms with Crippen LogP contribution in [-0.4, -0.2) is 43.0 Å². The lowest BCUT2D eigenvalue weighted by atomic mass is 10.00. The molecule has 2 aromatic rings. The normalized spacial score (nSPS) is 12.4. The van der Waals surface area contributed by atoms with Gasteiger partial charge in [-0.05, 0) is 37.1 Å². The lowest BCUT2D eigenvalue weighted by Crippen LogP contribution is -2.42. The van der Waals surface area contributed by atoms with Crippen molar-refractivity contribution in [3.05, 3.63) is 48.0 Å². The number of rotatable bonds is 8. The molecule has 140 valence electrons. The summed E-state index contributed by atoms with van der Waals surface area (Å²) in [7, 11) is 1.38. The number of carbonyl (C=O) groups excluding carboxylic acids is 2. The van der Waals surface area contributed by atoms with Crippen LogP contribution >= 0.6 is 0 Å². The Kier molecular flexibility index (Phi) is 7.16. The second-order valence-electron chi connectivity index (χ2n) is 6.75. The first-order chi connectivity index (χ1) is 12.4. The maximum Gasteiger partial charge on any atom is 0.306 e. The van der Waals surface area contributed by atoms with E-state index in [0.717, 1.165) is 16.3 Å². The molecule has 1 unspecified atom stereocenters. The Labute approximate surface area is 155 Å². The molecule has 0 fully saturated rings. The molecule has 0 spiro atoms. The summed E-state index contributed by atoms with van der Waals surface area (Å²) in [6, 6.07) is 14.4. The molecule has 0 saturated carbocycles. The summed E-state index contributed by atoms with van der Waals surface area (Å²) < 4.78 is 4.68. The Morgan fingerprint density at radius 2 is 1.77 bits per heavy atom. The quantitative estimate of drug-likeness (QED) is 0.738. The highest BCUT2D eigenvalue weighted by molar-refractivity contribution is 5.87. The van der Waals surface area contributed by atoms with Gasteiger partial charge in [0.2, 0.25) is 5.91 Å². The Morgan fingerprint density at radius 1 is 1.08 bits per heavy atom. The highest BCUT2D eigenvalue weighted by Gasteiger charge is 2.18. The second kappa shape index (κ2) is 9.34. The molecule has 0 aromatic heterocycles. The highest BCUT2D eigenvalue weighted by atomic mass is 16.5. The molecule has 0 radical (unpaired) electrons. The number of hydrogen-bond donors (Lipinski definition) is 1. The van der Waals surface area contributed by atoms with Gasteiger partial charge in [-0.3, -0.25) is 14.5 Å². The van der Waals surface area contributed by atoms with Gasteiger partial charge in [-0.25, -0.2) is 0 Å². The number of methoxy groups -OCH3 is 1. The van der Waals surface area contributed by atoms with Crippen LogP contribution < -0.4 is 5.32 Å². The van der Waals surface area contributed by atoms with Crippen molar-refractivity contribution in [1.29, 1.82) is 0 Å². The maximum atomic E-state index is 12.5. The zero-order chi connectivity index (χ0) is 19.1. The number of amides is 1. The van der Waals surface area contributed by atoms with Crippen LogP contribution in [0.2, 0.25) is 0 Å². The van der Waals surface area contributed by atoms with Gasteiger partial charge in [-0.1, -0.05) is 42.5 Å². The molecule has 2 rings (SSSR count). The minimum Gasteiger partial charge on any atom is -0.469 e. The van der Waals surface area contributed by atoms with E-state index in [4.69, 9.17) is 0 Å². The summed E-state index contributed by atoms with van der Waals surface area (Å²) in [6.07, 6.45) is 0.279. The number of fused-ring (bicyclic) bond motifs is 1. The first-order valence-corrected chi connectivity index (χ1v) is 9.00. The molecule has 0 saturated heterocycles. The molecular formula is C21H28N2O3. The fourth-order valence-electron chi connectivity index (χ4n) is 3.03. The average molecular weight is 356 g/mol. The van der Waals surface area contributed by atoms with Crippen molar-refractivity contribution in [3.8, 4) is 0 Å². The molecule has 2 aromatic carbocycles. The molecule has 0 aliphatic rings. The predicted octanol–water partition coefficient (Wildman–Crippen LogP) is 3.29. The van der Waals surface area contributed by atoms with Crippen LogP contribution in [0.3, 0.4) is 0 Å². The summed E-state index contributed by atoms with van der Waals surface area (Å²) in [4.78, 5) is 25.9. The Hall–Kier alpha value is -2.40. The van der Waals surface area contributed by atoms with Gasteiger partial charge in [0.1, 0.15) is 0 Å². The zero-order valence-electron chi connectivity index (χ0n) is 16.0. The molecule has 26 heavy (non-hydrogen) atoms. The number of carbonyl (C=O) groups is 2. The number of nitrogens with zero attached hydrogens (tertiary/aromatic N) is 1. The lowest BCUT2D eigenvalue weighted by Gasteiger charge is -2.26. The predicted molar refractivity (Wildman–Crippen MR) is 104 cm³/mol. The van der Waals surface area contributed by atoms with E-state index >= 15 is 0 Å². The zero-order valence-corrected chi connectivity index (χ0v) is 16.0. The van der Waals surface area contributed by atoms with E-state index in [1.807, 2.05) is 49.9 Å². The van der Waals surface area contributed by atoms with Crippen LogP contribution in [0.15, 0.2) is 42.5 Å². The fraction of sp³-hybridized carbons (Fsp3) is 0.429. The van der Waals surface area contributed by atoms with Gasteiger partial charge < -0.3 is 10.1 Å². The van der Waals surface area contributed by atoms with Gasteiger partial charge >= 0.3 is 5.97 Å². The third-order valence-corrected chi connectivity index (χ3v) is 4.58. The Morgan fingerprint density at radius 3 is 2.46 bits per heavy atom. The smallest absolute Gasteiger partial charge is 0.306 e. The third-order valence-electron chi connectivity index (χ3n) is 4.58. The summed E-state index contributed by atoms with van der Waals surface area (Å²) in [5.74, 6) is -0.316. The molecule has 1 atom stereocenters. The Balaban J connectivity index is 2.02. The van der Waals surface area contributed by atoms with Crippen LogP contribution in [0.1, 0.15) is 38.8 Å². The first-order valence-electron chi connectivity index (χ1n) is 9.00. The molecule has 1 N–H and O–H groups in total. The van der Waals surface area contributed by atoms with Crippen molar-refractivity contribution in [2.45, 2.75) is 39.3 Å². The van der Waals surface area contributed by atoms with Crippen molar-refractivity contribution in [3.63, 3.8) is 0 Å². The van der Waals surface area contributed by atoms with Gasteiger partial charge in [-0.2, -0.15) is 0 Å². The Bertz CT molecular complexity index is 753. The molecule has 0 aliphatic carbocycles. The van der Waals surface area contributed by atoms with Gasteiger partial charge in [0.15, 0.2) is 0 Å². The van der Waals surface area contributed by atoms with E-state index in [1.54, 1.807) is 0 Å². The van der Waals surface area contributed by atoms with E-state index in [0.29, 0.717) is 6.54 Å². The van der Waals surface area contributed by atoms with Gasteiger partial charge in [0.25, 0.3) is 0 Å². The number of benzene rings is 2. The number of hydrogen-bond acceptors (Lipinski definition) is 4. The van der Waals surface area contributed by atoms with Crippen LogP contribution in [0.4, 0.5) is 0 Å². The molecule has 0 bridgehead atoms. The minimum absolute atomic E-state index is 0.0519. The summed E-state index contributed by atoms with van der Waals surface area (Å²) in [5.41, 5.74) is 1.10. The SMILES string of the molecule is COC(=O)CCN(CC(=O)NC(C)c1cccc2ccccc12)C(C)C. The fourth-order valence-corrected chi connectivity index (χ4v) is 3.03. The van der Waals surface area contributed by atoms with Crippen LogP contribution in [0, 0.1) is 0 Å². The first kappa shape index (κ1) is 19.9. The third kappa shape index (κ3) is 5.30. The average Bonchev–Trinajstić information content (AvgIpc) is 2.63. The van der Waals surface area contributed by atoms with Crippen molar-refractivity contribution in [2.24, 2.45) is 0 Å². The van der Waals surface area contributed by atoms with Crippen LogP contribution in [0.5, 0.6) is 0 Å². The van der Waals surface area contributed by atoms with Crippen molar-refractivity contribution in [1.82, 2.24) is 10.2 Å². The number of nitrogens with one attached hydrogen (secondary N) is 1. The van der Waals surface area contributed by atoms with E-state index < -0.39 is 0 Å². The topological polar surface area (TPSA) is 58.6 Å². The van der Waals surface area contributed by atoms with Crippen molar-refractivity contribution in [2.75, 3.05) is 20.2 Å². The summed E-state index contributed by atoms with van der Waals surface area (Å²) in [6.45, 7) is 6.77. The monoisotopic (exact) mass is 356 g/mol. The molecule has 0 heterocycles. The van der Waals surface area contributed by atoms with Crippen molar-refractivity contribution >= 4 is 22.6 Å². The molecule has 5 nitrogen and oxygen atoms in total. The molecule has 0 aliphatic heterocycles. The van der Waals surface area contributed by atoms with Gasteiger partial charge in [-0.15, -0.1) is 0 Å². The number of ether oxygens (including phenoxy) is 1. The number of esters is 1. The summed E-state index contributed by atoms with van der Waals surface area (Å²) in [5, 5.41) is 5.39. The van der Waals surface area contributed by atoms with Gasteiger partial charge in [0.05, 0.1) is 26.1 Å².